The van der Waals surface area contributed by atoms with Gasteiger partial charge in [0.15, 0.2) is 0 Å². The molecule has 1 aliphatic rings. The maximum absolute atomic E-state index is 11.2. The van der Waals surface area contributed by atoms with E-state index in [0.717, 1.165) is 23.4 Å². The molecule has 2 aromatic carbocycles. The zero-order valence-corrected chi connectivity index (χ0v) is 11.9. The van der Waals surface area contributed by atoms with Crippen molar-refractivity contribution in [3.63, 3.8) is 0 Å². The van der Waals surface area contributed by atoms with Crippen molar-refractivity contribution in [3.05, 3.63) is 59.2 Å². The molecule has 4 heteroatoms. The van der Waals surface area contributed by atoms with Gasteiger partial charge in [-0.25, -0.2) is 0 Å². The summed E-state index contributed by atoms with van der Waals surface area (Å²) in [5.41, 5.74) is 9.03. The molecule has 3 rings (SSSR count). The second kappa shape index (κ2) is 5.48. The molecule has 3 N–H and O–H groups in total. The first-order chi connectivity index (χ1) is 10.1. The minimum atomic E-state index is -0.402. The van der Waals surface area contributed by atoms with Crippen LogP contribution in [0.2, 0.25) is 0 Å². The van der Waals surface area contributed by atoms with Crippen LogP contribution in [0.4, 0.5) is 5.69 Å². The summed E-state index contributed by atoms with van der Waals surface area (Å²) in [5.74, 6) is 0.536. The van der Waals surface area contributed by atoms with Gasteiger partial charge in [-0.15, -0.1) is 0 Å². The van der Waals surface area contributed by atoms with Crippen molar-refractivity contribution >= 4 is 11.6 Å². The predicted octanol–water partition coefficient (Wildman–Crippen LogP) is 3.03. The van der Waals surface area contributed by atoms with Crippen LogP contribution < -0.4 is 15.8 Å². The quantitative estimate of drug-likeness (QED) is 0.909. The summed E-state index contributed by atoms with van der Waals surface area (Å²) >= 11 is 0. The van der Waals surface area contributed by atoms with Gasteiger partial charge in [-0.3, -0.25) is 4.79 Å². The number of benzene rings is 2. The van der Waals surface area contributed by atoms with Gasteiger partial charge in [-0.05, 0) is 36.8 Å². The number of fused-ring (bicyclic) bond motifs is 1. The summed E-state index contributed by atoms with van der Waals surface area (Å²) in [6, 6.07) is 13.8. The van der Waals surface area contributed by atoms with Crippen LogP contribution in [0.1, 0.15) is 33.9 Å². The number of hydrogen-bond donors (Lipinski definition) is 2. The van der Waals surface area contributed by atoms with E-state index in [4.69, 9.17) is 10.5 Å². The molecule has 0 aromatic heterocycles. The van der Waals surface area contributed by atoms with E-state index in [2.05, 4.69) is 11.4 Å². The van der Waals surface area contributed by atoms with Crippen LogP contribution in [0.3, 0.4) is 0 Å². The van der Waals surface area contributed by atoms with E-state index in [1.165, 1.54) is 5.56 Å². The normalized spacial score (nSPS) is 16.7. The first-order valence-corrected chi connectivity index (χ1v) is 7.04. The third-order valence-electron chi connectivity index (χ3n) is 3.80. The molecule has 21 heavy (non-hydrogen) atoms. The molecule has 1 amide bonds. The number of nitrogens with two attached hydrogens (primary N) is 1. The lowest BCUT2D eigenvalue weighted by Crippen LogP contribution is -2.20. The lowest BCUT2D eigenvalue weighted by atomic mass is 9.99. The summed E-state index contributed by atoms with van der Waals surface area (Å²) in [6.45, 7) is 2.67. The molecule has 1 aliphatic heterocycles. The summed E-state index contributed by atoms with van der Waals surface area (Å²) in [6.07, 6.45) is 0.911. The molecule has 108 valence electrons. The van der Waals surface area contributed by atoms with Crippen molar-refractivity contribution < 1.29 is 9.53 Å². The Kier molecular flexibility index (Phi) is 3.52. The van der Waals surface area contributed by atoms with Gasteiger partial charge in [0.25, 0.3) is 0 Å². The number of aryl methyl sites for hydroxylation is 1. The van der Waals surface area contributed by atoms with Crippen LogP contribution in [0.15, 0.2) is 42.5 Å². The second-order valence-electron chi connectivity index (χ2n) is 5.27. The highest BCUT2D eigenvalue weighted by Gasteiger charge is 2.21. The fourth-order valence-corrected chi connectivity index (χ4v) is 2.66. The van der Waals surface area contributed by atoms with Gasteiger partial charge in [-0.2, -0.15) is 0 Å². The molecule has 1 heterocycles. The highest BCUT2D eigenvalue weighted by atomic mass is 16.5. The van der Waals surface area contributed by atoms with Crippen molar-refractivity contribution in [2.45, 2.75) is 19.4 Å². The van der Waals surface area contributed by atoms with Gasteiger partial charge in [0.2, 0.25) is 5.91 Å². The Morgan fingerprint density at radius 2 is 2.10 bits per heavy atom. The number of rotatable bonds is 3. The molecule has 0 spiro atoms. The molecular formula is C17H18N2O2. The molecule has 2 aromatic rings. The average Bonchev–Trinajstić information content (AvgIpc) is 2.49. The molecule has 0 saturated carbocycles. The van der Waals surface area contributed by atoms with E-state index in [-0.39, 0.29) is 6.04 Å². The molecule has 0 aliphatic carbocycles. The Hall–Kier alpha value is -2.49. The van der Waals surface area contributed by atoms with E-state index in [0.29, 0.717) is 12.2 Å². The monoisotopic (exact) mass is 282 g/mol. The summed E-state index contributed by atoms with van der Waals surface area (Å²) < 4.78 is 5.67. The van der Waals surface area contributed by atoms with E-state index < -0.39 is 5.91 Å². The average molecular weight is 282 g/mol. The molecule has 0 fully saturated rings. The largest absolute Gasteiger partial charge is 0.493 e. The zero-order valence-electron chi connectivity index (χ0n) is 11.9. The minimum Gasteiger partial charge on any atom is -0.493 e. The Morgan fingerprint density at radius 1 is 1.29 bits per heavy atom. The second-order valence-corrected chi connectivity index (χ2v) is 5.27. The van der Waals surface area contributed by atoms with E-state index >= 15 is 0 Å². The van der Waals surface area contributed by atoms with Crippen LogP contribution in [-0.2, 0) is 0 Å². The topological polar surface area (TPSA) is 64.4 Å². The molecule has 0 saturated heterocycles. The maximum Gasteiger partial charge on any atom is 0.248 e. The van der Waals surface area contributed by atoms with Gasteiger partial charge in [0, 0.05) is 23.2 Å². The summed E-state index contributed by atoms with van der Waals surface area (Å²) in [7, 11) is 0. The first kappa shape index (κ1) is 13.5. The van der Waals surface area contributed by atoms with Crippen LogP contribution in [0, 0.1) is 6.92 Å². The Balaban J connectivity index is 1.86. The minimum absolute atomic E-state index is 0.216. The maximum atomic E-state index is 11.2. The highest BCUT2D eigenvalue weighted by Crippen LogP contribution is 2.34. The van der Waals surface area contributed by atoms with Gasteiger partial charge >= 0.3 is 0 Å². The van der Waals surface area contributed by atoms with Gasteiger partial charge in [0.05, 0.1) is 12.6 Å². The number of carbonyl (C=O) groups excluding carboxylic acids is 1. The Labute approximate surface area is 123 Å². The SMILES string of the molecule is Cc1cc(C(N)=O)ccc1NC1CCOc2ccccc21. The number of amides is 1. The van der Waals surface area contributed by atoms with Crippen molar-refractivity contribution in [1.29, 1.82) is 0 Å². The fraction of sp³-hybridized carbons (Fsp3) is 0.235. The first-order valence-electron chi connectivity index (χ1n) is 7.04. The molecule has 0 radical (unpaired) electrons. The van der Waals surface area contributed by atoms with Crippen LogP contribution >= 0.6 is 0 Å². The van der Waals surface area contributed by atoms with Gasteiger partial charge in [0.1, 0.15) is 5.75 Å². The highest BCUT2D eigenvalue weighted by molar-refractivity contribution is 5.93. The number of ether oxygens (including phenoxy) is 1. The Morgan fingerprint density at radius 3 is 2.86 bits per heavy atom. The molecular weight excluding hydrogens is 264 g/mol. The number of anilines is 1. The van der Waals surface area contributed by atoms with Crippen LogP contribution in [0.5, 0.6) is 5.75 Å². The Bertz CT molecular complexity index is 682. The number of primary amides is 1. The smallest absolute Gasteiger partial charge is 0.248 e. The lowest BCUT2D eigenvalue weighted by Gasteiger charge is -2.28. The van der Waals surface area contributed by atoms with E-state index in [9.17, 15) is 4.79 Å². The number of nitrogens with one attached hydrogen (secondary N) is 1. The lowest BCUT2D eigenvalue weighted by molar-refractivity contribution is 0.1000. The predicted molar refractivity (Wildman–Crippen MR) is 82.6 cm³/mol. The summed E-state index contributed by atoms with van der Waals surface area (Å²) in [4.78, 5) is 11.2. The van der Waals surface area contributed by atoms with E-state index in [1.54, 1.807) is 6.07 Å². The standard InChI is InChI=1S/C17H18N2O2/c1-11-10-12(17(18)20)6-7-14(11)19-15-8-9-21-16-5-3-2-4-13(15)16/h2-7,10,15,19H,8-9H2,1H3,(H2,18,20). The number of para-hydroxylation sites is 1. The zero-order chi connectivity index (χ0) is 14.8. The van der Waals surface area contributed by atoms with Gasteiger partial charge in [-0.1, -0.05) is 18.2 Å². The molecule has 1 atom stereocenters. The van der Waals surface area contributed by atoms with Gasteiger partial charge < -0.3 is 15.8 Å². The van der Waals surface area contributed by atoms with Crippen LogP contribution in [-0.4, -0.2) is 12.5 Å². The van der Waals surface area contributed by atoms with Crippen molar-refractivity contribution in [2.24, 2.45) is 5.73 Å². The fourth-order valence-electron chi connectivity index (χ4n) is 2.66. The number of hydrogen-bond acceptors (Lipinski definition) is 3. The van der Waals surface area contributed by atoms with E-state index in [1.807, 2.05) is 37.3 Å². The van der Waals surface area contributed by atoms with Crippen LogP contribution in [0.25, 0.3) is 0 Å². The molecule has 0 bridgehead atoms. The molecule has 1 unspecified atom stereocenters. The number of carbonyl (C=O) groups is 1. The molecule has 4 nitrogen and oxygen atoms in total. The van der Waals surface area contributed by atoms with Crippen molar-refractivity contribution in [2.75, 3.05) is 11.9 Å². The van der Waals surface area contributed by atoms with Crippen molar-refractivity contribution in [1.82, 2.24) is 0 Å². The third kappa shape index (κ3) is 2.70. The summed E-state index contributed by atoms with van der Waals surface area (Å²) in [5, 5.41) is 3.54. The van der Waals surface area contributed by atoms with Crippen molar-refractivity contribution in [3.8, 4) is 5.75 Å². The third-order valence-corrected chi connectivity index (χ3v) is 3.80.